The van der Waals surface area contributed by atoms with Crippen LogP contribution in [0.5, 0.6) is 11.5 Å². The fourth-order valence-electron chi connectivity index (χ4n) is 3.01. The maximum atomic E-state index is 5.94. The number of aromatic nitrogens is 1. The molecule has 1 aromatic carbocycles. The van der Waals surface area contributed by atoms with E-state index in [4.69, 9.17) is 9.47 Å². The molecule has 26 heavy (non-hydrogen) atoms. The predicted octanol–water partition coefficient (Wildman–Crippen LogP) is 2.93. The number of fused-ring (bicyclic) bond motifs is 1. The highest BCUT2D eigenvalue weighted by molar-refractivity contribution is 5.64. The van der Waals surface area contributed by atoms with Crippen molar-refractivity contribution in [2.75, 3.05) is 47.4 Å². The summed E-state index contributed by atoms with van der Waals surface area (Å²) in [6.45, 7) is 4.39. The molecule has 1 aromatic heterocycles. The zero-order valence-corrected chi connectivity index (χ0v) is 15.8. The van der Waals surface area contributed by atoms with Gasteiger partial charge in [0.05, 0.1) is 7.11 Å². The molecule has 0 radical (unpaired) electrons. The maximum Gasteiger partial charge on any atom is 0.127 e. The minimum Gasteiger partial charge on any atom is -0.497 e. The number of methoxy groups -OCH3 is 1. The van der Waals surface area contributed by atoms with E-state index < -0.39 is 0 Å². The quantitative estimate of drug-likeness (QED) is 0.729. The van der Waals surface area contributed by atoms with E-state index in [9.17, 15) is 0 Å². The third kappa shape index (κ3) is 5.07. The summed E-state index contributed by atoms with van der Waals surface area (Å²) in [5.41, 5.74) is 3.58. The van der Waals surface area contributed by atoms with Gasteiger partial charge in [0.2, 0.25) is 0 Å². The van der Waals surface area contributed by atoms with Crippen LogP contribution in [0.15, 0.2) is 48.3 Å². The van der Waals surface area contributed by atoms with E-state index in [0.717, 1.165) is 43.2 Å². The smallest absolute Gasteiger partial charge is 0.127 e. The van der Waals surface area contributed by atoms with Crippen LogP contribution in [0, 0.1) is 0 Å². The summed E-state index contributed by atoms with van der Waals surface area (Å²) in [5.74, 6) is 1.77. The summed E-state index contributed by atoms with van der Waals surface area (Å²) >= 11 is 0. The lowest BCUT2D eigenvalue weighted by Crippen LogP contribution is -2.34. The first-order valence-corrected chi connectivity index (χ1v) is 8.90. The van der Waals surface area contributed by atoms with E-state index in [2.05, 4.69) is 41.0 Å². The summed E-state index contributed by atoms with van der Waals surface area (Å²) in [6, 6.07) is 10.1. The number of hydrogen-bond acceptors (Lipinski definition) is 5. The number of benzene rings is 1. The van der Waals surface area contributed by atoms with Crippen molar-refractivity contribution in [2.45, 2.75) is 6.54 Å². The zero-order chi connectivity index (χ0) is 18.4. The molecule has 0 unspecified atom stereocenters. The molecule has 0 saturated heterocycles. The van der Waals surface area contributed by atoms with Gasteiger partial charge in [-0.1, -0.05) is 6.07 Å². The van der Waals surface area contributed by atoms with Crippen molar-refractivity contribution in [1.29, 1.82) is 0 Å². The standard InChI is InChI=1S/C21H27N3O2/c1-23(2)9-10-24(14-17-5-4-8-22-13-17)15-18-11-19-12-20(25-3)6-7-21(19)26-16-18/h4-8,11-13H,9-10,14-16H2,1-3H3. The Bertz CT molecular complexity index is 744. The summed E-state index contributed by atoms with van der Waals surface area (Å²) in [6.07, 6.45) is 5.98. The Morgan fingerprint density at radius 3 is 2.77 bits per heavy atom. The summed E-state index contributed by atoms with van der Waals surface area (Å²) in [7, 11) is 5.90. The van der Waals surface area contributed by atoms with E-state index in [-0.39, 0.29) is 0 Å². The van der Waals surface area contributed by atoms with Gasteiger partial charge in [0.25, 0.3) is 0 Å². The molecular formula is C21H27N3O2. The van der Waals surface area contributed by atoms with Crippen LogP contribution in [-0.4, -0.2) is 62.2 Å². The lowest BCUT2D eigenvalue weighted by atomic mass is 10.1. The molecule has 0 fully saturated rings. The van der Waals surface area contributed by atoms with Crippen LogP contribution in [0.25, 0.3) is 6.08 Å². The van der Waals surface area contributed by atoms with Crippen molar-refractivity contribution in [1.82, 2.24) is 14.8 Å². The fourth-order valence-corrected chi connectivity index (χ4v) is 3.01. The van der Waals surface area contributed by atoms with Gasteiger partial charge < -0.3 is 14.4 Å². The van der Waals surface area contributed by atoms with Crippen molar-refractivity contribution < 1.29 is 9.47 Å². The number of nitrogens with zero attached hydrogens (tertiary/aromatic N) is 3. The lowest BCUT2D eigenvalue weighted by Gasteiger charge is -2.27. The Balaban J connectivity index is 1.73. The Labute approximate surface area is 155 Å². The van der Waals surface area contributed by atoms with Crippen molar-refractivity contribution in [3.8, 4) is 11.5 Å². The Morgan fingerprint density at radius 1 is 1.15 bits per heavy atom. The van der Waals surface area contributed by atoms with E-state index in [0.29, 0.717) is 6.61 Å². The molecule has 5 nitrogen and oxygen atoms in total. The first kappa shape index (κ1) is 18.4. The molecule has 2 aromatic rings. The molecule has 0 bridgehead atoms. The van der Waals surface area contributed by atoms with Gasteiger partial charge in [0.15, 0.2) is 0 Å². The van der Waals surface area contributed by atoms with Gasteiger partial charge in [-0.2, -0.15) is 0 Å². The first-order chi connectivity index (χ1) is 12.6. The fraction of sp³-hybridized carbons (Fsp3) is 0.381. The molecule has 0 saturated carbocycles. The lowest BCUT2D eigenvalue weighted by molar-refractivity contribution is 0.238. The highest BCUT2D eigenvalue weighted by Gasteiger charge is 2.16. The average Bonchev–Trinajstić information content (AvgIpc) is 2.66. The Hall–Kier alpha value is -2.37. The average molecular weight is 353 g/mol. The molecule has 1 aliphatic rings. The van der Waals surface area contributed by atoms with Crippen LogP contribution in [0.3, 0.4) is 0 Å². The van der Waals surface area contributed by atoms with Crippen LogP contribution >= 0.6 is 0 Å². The molecule has 138 valence electrons. The molecule has 0 N–H and O–H groups in total. The molecule has 2 heterocycles. The third-order valence-electron chi connectivity index (χ3n) is 4.41. The number of pyridine rings is 1. The van der Waals surface area contributed by atoms with Crippen LogP contribution < -0.4 is 9.47 Å². The number of ether oxygens (including phenoxy) is 2. The zero-order valence-electron chi connectivity index (χ0n) is 15.8. The number of likely N-dealkylation sites (N-methyl/N-ethyl adjacent to an activating group) is 1. The third-order valence-corrected chi connectivity index (χ3v) is 4.41. The Morgan fingerprint density at radius 2 is 2.04 bits per heavy atom. The van der Waals surface area contributed by atoms with E-state index in [1.54, 1.807) is 7.11 Å². The highest BCUT2D eigenvalue weighted by atomic mass is 16.5. The van der Waals surface area contributed by atoms with Gasteiger partial charge >= 0.3 is 0 Å². The Kier molecular flexibility index (Phi) is 6.26. The molecule has 5 heteroatoms. The van der Waals surface area contributed by atoms with Crippen LogP contribution in [-0.2, 0) is 6.54 Å². The largest absolute Gasteiger partial charge is 0.497 e. The molecule has 0 spiro atoms. The highest BCUT2D eigenvalue weighted by Crippen LogP contribution is 2.30. The van der Waals surface area contributed by atoms with E-state index >= 15 is 0 Å². The van der Waals surface area contributed by atoms with Crippen molar-refractivity contribution in [2.24, 2.45) is 0 Å². The van der Waals surface area contributed by atoms with Crippen LogP contribution in [0.2, 0.25) is 0 Å². The normalized spacial score (nSPS) is 13.3. The number of rotatable bonds is 8. The van der Waals surface area contributed by atoms with Gasteiger partial charge in [0, 0.05) is 44.1 Å². The van der Waals surface area contributed by atoms with Gasteiger partial charge in [-0.25, -0.2) is 0 Å². The van der Waals surface area contributed by atoms with Crippen LogP contribution in [0.4, 0.5) is 0 Å². The van der Waals surface area contributed by atoms with Crippen molar-refractivity contribution in [3.05, 3.63) is 59.4 Å². The minimum absolute atomic E-state index is 0.630. The second-order valence-electron chi connectivity index (χ2n) is 6.87. The molecular weight excluding hydrogens is 326 g/mol. The van der Waals surface area contributed by atoms with Gasteiger partial charge in [-0.3, -0.25) is 9.88 Å². The van der Waals surface area contributed by atoms with Gasteiger partial charge in [0.1, 0.15) is 18.1 Å². The topological polar surface area (TPSA) is 37.8 Å². The summed E-state index contributed by atoms with van der Waals surface area (Å²) in [5, 5.41) is 0. The second kappa shape index (κ2) is 8.83. The predicted molar refractivity (Wildman–Crippen MR) is 105 cm³/mol. The van der Waals surface area contributed by atoms with Crippen molar-refractivity contribution in [3.63, 3.8) is 0 Å². The summed E-state index contributed by atoms with van der Waals surface area (Å²) in [4.78, 5) is 8.89. The molecule has 0 amide bonds. The molecule has 0 atom stereocenters. The van der Waals surface area contributed by atoms with Gasteiger partial charge in [-0.15, -0.1) is 0 Å². The maximum absolute atomic E-state index is 5.94. The second-order valence-corrected chi connectivity index (χ2v) is 6.87. The van der Waals surface area contributed by atoms with E-state index in [1.807, 2.05) is 36.7 Å². The summed E-state index contributed by atoms with van der Waals surface area (Å²) < 4.78 is 11.3. The first-order valence-electron chi connectivity index (χ1n) is 8.90. The minimum atomic E-state index is 0.630. The molecule has 3 rings (SSSR count). The SMILES string of the molecule is COc1ccc2c(c1)C=C(CN(CCN(C)C)Cc1cccnc1)CO2. The van der Waals surface area contributed by atoms with Gasteiger partial charge in [-0.05, 0) is 55.6 Å². The molecule has 1 aliphatic heterocycles. The van der Waals surface area contributed by atoms with Crippen LogP contribution in [0.1, 0.15) is 11.1 Å². The number of hydrogen-bond donors (Lipinski definition) is 0. The molecule has 0 aliphatic carbocycles. The monoisotopic (exact) mass is 353 g/mol. The van der Waals surface area contributed by atoms with Crippen molar-refractivity contribution >= 4 is 6.08 Å². The van der Waals surface area contributed by atoms with E-state index in [1.165, 1.54) is 11.1 Å².